The molecule has 0 unspecified atom stereocenters. The number of carbonyl (C=O) groups is 1. The number of aromatic carboxylic acids is 1. The number of benzene rings is 2. The molecule has 2 N–H and O–H groups in total. The number of anilines is 1. The lowest BCUT2D eigenvalue weighted by molar-refractivity contribution is 0.0691. The van der Waals surface area contributed by atoms with Crippen LogP contribution in [0.25, 0.3) is 10.6 Å². The van der Waals surface area contributed by atoms with Gasteiger partial charge in [0.05, 0.1) is 18.4 Å². The molecule has 0 spiro atoms. The Morgan fingerprint density at radius 3 is 2.42 bits per heavy atom. The van der Waals surface area contributed by atoms with E-state index in [1.165, 1.54) is 6.07 Å². The van der Waals surface area contributed by atoms with Crippen LogP contribution in [0.4, 0.5) is 18.9 Å². The van der Waals surface area contributed by atoms with E-state index in [9.17, 15) is 17.6 Å². The number of thiazole rings is 1. The highest BCUT2D eigenvalue weighted by atomic mass is 32.2. The van der Waals surface area contributed by atoms with E-state index in [4.69, 9.17) is 9.84 Å². The Morgan fingerprint density at radius 1 is 1.13 bits per heavy atom. The van der Waals surface area contributed by atoms with Gasteiger partial charge in [-0.15, -0.1) is 11.3 Å². The Balaban J connectivity index is 1.58. The fourth-order valence-corrected chi connectivity index (χ4v) is 6.99. The lowest BCUT2D eigenvalue weighted by atomic mass is 9.74. The van der Waals surface area contributed by atoms with Gasteiger partial charge in [0.1, 0.15) is 16.6 Å². The largest absolute Gasteiger partial charge is 0.495 e. The molecule has 4 rings (SSSR count). The fourth-order valence-electron chi connectivity index (χ4n) is 4.81. The summed E-state index contributed by atoms with van der Waals surface area (Å²) in [5, 5.41) is 9.66. The van der Waals surface area contributed by atoms with Crippen molar-refractivity contribution in [2.45, 2.75) is 50.5 Å². The molecule has 0 radical (unpaired) electrons. The van der Waals surface area contributed by atoms with Gasteiger partial charge in [-0.05, 0) is 61.1 Å². The van der Waals surface area contributed by atoms with E-state index < -0.39 is 44.0 Å². The summed E-state index contributed by atoms with van der Waals surface area (Å²) in [6, 6.07) is 4.47. The molecule has 1 aliphatic carbocycles. The van der Waals surface area contributed by atoms with Crippen LogP contribution < -0.4 is 9.46 Å². The monoisotopic (exact) mass is 568 g/mol. The van der Waals surface area contributed by atoms with E-state index in [1.54, 1.807) is 6.07 Å². The first kappa shape index (κ1) is 27.9. The minimum Gasteiger partial charge on any atom is -0.495 e. The summed E-state index contributed by atoms with van der Waals surface area (Å²) >= 11 is 0.807. The molecule has 1 fully saturated rings. The molecule has 2 aromatic carbocycles. The van der Waals surface area contributed by atoms with Crippen LogP contribution in [0.5, 0.6) is 5.75 Å². The van der Waals surface area contributed by atoms with Gasteiger partial charge in [-0.1, -0.05) is 19.9 Å². The molecular formula is C26H27F3N2O5S2. The van der Waals surface area contributed by atoms with Crippen LogP contribution in [0.2, 0.25) is 0 Å². The van der Waals surface area contributed by atoms with Crippen molar-refractivity contribution in [3.05, 3.63) is 58.2 Å². The van der Waals surface area contributed by atoms with Gasteiger partial charge in [-0.2, -0.15) is 8.42 Å². The highest BCUT2D eigenvalue weighted by Gasteiger charge is 2.29. The Morgan fingerprint density at radius 2 is 1.82 bits per heavy atom. The maximum atomic E-state index is 15.1. The standard InChI is InChI=1S/C26H27F3N2O5S2/c1-13(2)14-4-6-15(7-5-14)16-8-9-17(24(29)23(16)28)25-30-22(12-37-25)38(34,35)31-20-11-19(27)18(26(32)33)10-21(20)36-3/h8-15,31H,4-7H2,1-3H3,(H,32,33). The number of rotatable bonds is 8. The third kappa shape index (κ3) is 5.51. The maximum absolute atomic E-state index is 15.1. The molecule has 0 amide bonds. The van der Waals surface area contributed by atoms with Gasteiger partial charge in [0.25, 0.3) is 10.0 Å². The van der Waals surface area contributed by atoms with E-state index in [0.717, 1.165) is 55.6 Å². The number of carboxylic acid groups (broad SMARTS) is 1. The third-order valence-corrected chi connectivity index (χ3v) is 9.29. The van der Waals surface area contributed by atoms with Crippen molar-refractivity contribution in [1.82, 2.24) is 4.98 Å². The molecule has 1 aromatic heterocycles. The summed E-state index contributed by atoms with van der Waals surface area (Å²) in [7, 11) is -3.24. The van der Waals surface area contributed by atoms with Crippen molar-refractivity contribution in [3.8, 4) is 16.3 Å². The van der Waals surface area contributed by atoms with Crippen LogP contribution in [0.3, 0.4) is 0 Å². The SMILES string of the molecule is COc1cc(C(=O)O)c(F)cc1NS(=O)(=O)c1csc(-c2ccc(C3CCC(C(C)C)CC3)c(F)c2F)n1. The average Bonchev–Trinajstić information content (AvgIpc) is 3.36. The van der Waals surface area contributed by atoms with Crippen LogP contribution in [-0.2, 0) is 10.0 Å². The highest BCUT2D eigenvalue weighted by molar-refractivity contribution is 7.92. The molecule has 12 heteroatoms. The zero-order chi connectivity index (χ0) is 27.8. The van der Waals surface area contributed by atoms with Gasteiger partial charge < -0.3 is 9.84 Å². The molecule has 0 aliphatic heterocycles. The van der Waals surface area contributed by atoms with Crippen molar-refractivity contribution in [2.75, 3.05) is 11.8 Å². The van der Waals surface area contributed by atoms with Gasteiger partial charge in [-0.3, -0.25) is 4.72 Å². The van der Waals surface area contributed by atoms with Crippen molar-refractivity contribution in [3.63, 3.8) is 0 Å². The minimum absolute atomic E-state index is 0.0452. The predicted octanol–water partition coefficient (Wildman–Crippen LogP) is 6.66. The van der Waals surface area contributed by atoms with E-state index in [-0.39, 0.29) is 27.9 Å². The number of nitrogens with one attached hydrogen (secondary N) is 1. The van der Waals surface area contributed by atoms with Crippen LogP contribution in [0.1, 0.15) is 61.4 Å². The minimum atomic E-state index is -4.40. The van der Waals surface area contributed by atoms with Gasteiger partial charge in [-0.25, -0.2) is 22.9 Å². The smallest absolute Gasteiger partial charge is 0.338 e. The number of ether oxygens (including phenoxy) is 1. The Labute approximate surface area is 222 Å². The molecule has 1 aliphatic rings. The van der Waals surface area contributed by atoms with Gasteiger partial charge >= 0.3 is 5.97 Å². The summed E-state index contributed by atoms with van der Waals surface area (Å²) in [6.07, 6.45) is 3.47. The summed E-state index contributed by atoms with van der Waals surface area (Å²) in [5.41, 5.74) is -0.894. The number of nitrogens with zero attached hydrogens (tertiary/aromatic N) is 1. The topological polar surface area (TPSA) is 106 Å². The lowest BCUT2D eigenvalue weighted by Crippen LogP contribution is -2.18. The first-order chi connectivity index (χ1) is 17.9. The van der Waals surface area contributed by atoms with Crippen molar-refractivity contribution < 1.29 is 36.2 Å². The summed E-state index contributed by atoms with van der Waals surface area (Å²) < 4.78 is 77.3. The molecule has 7 nitrogen and oxygen atoms in total. The second-order valence-corrected chi connectivity index (χ2v) is 12.1. The molecule has 0 atom stereocenters. The van der Waals surface area contributed by atoms with Gasteiger partial charge in [0.2, 0.25) is 0 Å². The summed E-state index contributed by atoms with van der Waals surface area (Å²) in [6.45, 7) is 4.34. The fraction of sp³-hybridized carbons (Fsp3) is 0.385. The van der Waals surface area contributed by atoms with Crippen LogP contribution in [-0.4, -0.2) is 31.6 Å². The molecule has 1 heterocycles. The molecule has 38 heavy (non-hydrogen) atoms. The second kappa shape index (κ2) is 10.9. The number of hydrogen-bond donors (Lipinski definition) is 2. The number of methoxy groups -OCH3 is 1. The summed E-state index contributed by atoms with van der Waals surface area (Å²) in [5.74, 6) is -3.95. The lowest BCUT2D eigenvalue weighted by Gasteiger charge is -2.31. The second-order valence-electron chi connectivity index (χ2n) is 9.62. The van der Waals surface area contributed by atoms with Crippen LogP contribution in [0, 0.1) is 29.3 Å². The molecule has 3 aromatic rings. The highest BCUT2D eigenvalue weighted by Crippen LogP contribution is 2.41. The first-order valence-corrected chi connectivity index (χ1v) is 14.4. The Kier molecular flexibility index (Phi) is 8.03. The zero-order valence-corrected chi connectivity index (χ0v) is 22.6. The van der Waals surface area contributed by atoms with Crippen molar-refractivity contribution in [1.29, 1.82) is 0 Å². The van der Waals surface area contributed by atoms with Gasteiger partial charge in [0.15, 0.2) is 16.7 Å². The van der Waals surface area contributed by atoms with E-state index in [0.29, 0.717) is 23.5 Å². The van der Waals surface area contributed by atoms with Crippen molar-refractivity contribution in [2.24, 2.45) is 11.8 Å². The number of aromatic nitrogens is 1. The molecular weight excluding hydrogens is 541 g/mol. The number of sulfonamides is 1. The van der Waals surface area contributed by atoms with E-state index in [2.05, 4.69) is 23.6 Å². The molecule has 0 bridgehead atoms. The third-order valence-electron chi connectivity index (χ3n) is 7.02. The van der Waals surface area contributed by atoms with E-state index in [1.807, 2.05) is 0 Å². The predicted molar refractivity (Wildman–Crippen MR) is 138 cm³/mol. The normalized spacial score (nSPS) is 18.0. The summed E-state index contributed by atoms with van der Waals surface area (Å²) in [4.78, 5) is 15.1. The molecule has 204 valence electrons. The van der Waals surface area contributed by atoms with Crippen LogP contribution in [0.15, 0.2) is 34.7 Å². The van der Waals surface area contributed by atoms with E-state index >= 15 is 8.78 Å². The quantitative estimate of drug-likeness (QED) is 0.315. The maximum Gasteiger partial charge on any atom is 0.338 e. The molecule has 0 saturated heterocycles. The van der Waals surface area contributed by atoms with Gasteiger partial charge in [0, 0.05) is 17.0 Å². The Bertz CT molecular complexity index is 1470. The first-order valence-electron chi connectivity index (χ1n) is 12.0. The van der Waals surface area contributed by atoms with Crippen molar-refractivity contribution >= 4 is 33.0 Å². The average molecular weight is 569 g/mol. The number of halogens is 3. The molecule has 1 saturated carbocycles. The zero-order valence-electron chi connectivity index (χ0n) is 20.9. The number of carboxylic acids is 1. The van der Waals surface area contributed by atoms with Crippen LogP contribution >= 0.6 is 11.3 Å². The Hall–Kier alpha value is -3.12. The number of hydrogen-bond acceptors (Lipinski definition) is 6.